The van der Waals surface area contributed by atoms with Crippen LogP contribution < -0.4 is 5.73 Å². The van der Waals surface area contributed by atoms with Crippen LogP contribution in [0, 0.1) is 11.7 Å². The molecule has 5 heteroatoms. The summed E-state index contributed by atoms with van der Waals surface area (Å²) in [5.41, 5.74) is 7.00. The van der Waals surface area contributed by atoms with Gasteiger partial charge in [-0.25, -0.2) is 4.39 Å². The summed E-state index contributed by atoms with van der Waals surface area (Å²) >= 11 is 3.32. The fourth-order valence-corrected chi connectivity index (χ4v) is 2.87. The average Bonchev–Trinajstić information content (AvgIpc) is 2.22. The van der Waals surface area contributed by atoms with E-state index in [1.807, 2.05) is 6.07 Å². The van der Waals surface area contributed by atoms with Crippen molar-refractivity contribution in [1.82, 2.24) is 4.90 Å². The molecule has 0 saturated carbocycles. The van der Waals surface area contributed by atoms with Gasteiger partial charge >= 0.3 is 0 Å². The second-order valence-electron chi connectivity index (χ2n) is 4.94. The summed E-state index contributed by atoms with van der Waals surface area (Å²) in [6.45, 7) is 4.97. The SMILES string of the molecule is CC1CN(Cc2cc(F)cc(Br)c2)CCC1N.Cl. The van der Waals surface area contributed by atoms with Crippen molar-refractivity contribution in [3.8, 4) is 0 Å². The molecule has 2 unspecified atom stereocenters. The molecule has 2 nitrogen and oxygen atoms in total. The molecule has 18 heavy (non-hydrogen) atoms. The highest BCUT2D eigenvalue weighted by Gasteiger charge is 2.22. The number of rotatable bonds is 2. The maximum Gasteiger partial charge on any atom is 0.124 e. The van der Waals surface area contributed by atoms with Gasteiger partial charge in [-0.3, -0.25) is 4.90 Å². The zero-order valence-electron chi connectivity index (χ0n) is 10.4. The maximum atomic E-state index is 13.3. The van der Waals surface area contributed by atoms with E-state index in [0.29, 0.717) is 12.0 Å². The molecule has 0 spiro atoms. The van der Waals surface area contributed by atoms with Gasteiger partial charge in [-0.15, -0.1) is 12.4 Å². The molecule has 1 fully saturated rings. The molecule has 1 aliphatic heterocycles. The summed E-state index contributed by atoms with van der Waals surface area (Å²) in [6, 6.07) is 5.37. The summed E-state index contributed by atoms with van der Waals surface area (Å²) in [7, 11) is 0. The Bertz CT molecular complexity index is 382. The molecule has 1 heterocycles. The maximum absolute atomic E-state index is 13.3. The smallest absolute Gasteiger partial charge is 0.124 e. The molecule has 0 aliphatic carbocycles. The Morgan fingerprint density at radius 3 is 2.78 bits per heavy atom. The van der Waals surface area contributed by atoms with Crippen LogP contribution in [-0.4, -0.2) is 24.0 Å². The zero-order valence-corrected chi connectivity index (χ0v) is 12.8. The number of piperidine rings is 1. The molecule has 2 atom stereocenters. The predicted octanol–water partition coefficient (Wildman–Crippen LogP) is 3.18. The number of nitrogens with zero attached hydrogens (tertiary/aromatic N) is 1. The van der Waals surface area contributed by atoms with E-state index in [1.54, 1.807) is 6.07 Å². The van der Waals surface area contributed by atoms with Gasteiger partial charge in [0.1, 0.15) is 5.82 Å². The van der Waals surface area contributed by atoms with Crippen molar-refractivity contribution in [2.45, 2.75) is 25.9 Å². The van der Waals surface area contributed by atoms with E-state index in [4.69, 9.17) is 5.73 Å². The highest BCUT2D eigenvalue weighted by atomic mass is 79.9. The number of benzene rings is 1. The van der Waals surface area contributed by atoms with Crippen LogP contribution in [0.4, 0.5) is 4.39 Å². The first-order chi connectivity index (χ1) is 8.04. The Balaban J connectivity index is 0.00000162. The Hall–Kier alpha value is -0.160. The van der Waals surface area contributed by atoms with Gasteiger partial charge in [0.2, 0.25) is 0 Å². The van der Waals surface area contributed by atoms with E-state index in [-0.39, 0.29) is 18.2 Å². The summed E-state index contributed by atoms with van der Waals surface area (Å²) < 4.78 is 14.1. The number of likely N-dealkylation sites (tertiary alicyclic amines) is 1. The van der Waals surface area contributed by atoms with Crippen molar-refractivity contribution in [3.05, 3.63) is 34.1 Å². The molecule has 0 bridgehead atoms. The first-order valence-electron chi connectivity index (χ1n) is 5.97. The lowest BCUT2D eigenvalue weighted by Crippen LogP contribution is -2.45. The fraction of sp³-hybridized carbons (Fsp3) is 0.538. The van der Waals surface area contributed by atoms with E-state index < -0.39 is 0 Å². The fourth-order valence-electron chi connectivity index (χ4n) is 2.35. The van der Waals surface area contributed by atoms with Gasteiger partial charge in [-0.2, -0.15) is 0 Å². The highest BCUT2D eigenvalue weighted by Crippen LogP contribution is 2.20. The molecule has 0 aromatic heterocycles. The van der Waals surface area contributed by atoms with Crippen molar-refractivity contribution in [3.63, 3.8) is 0 Å². The second-order valence-corrected chi connectivity index (χ2v) is 5.86. The van der Waals surface area contributed by atoms with Crippen molar-refractivity contribution in [2.24, 2.45) is 11.7 Å². The van der Waals surface area contributed by atoms with Gasteiger partial charge in [0.15, 0.2) is 0 Å². The van der Waals surface area contributed by atoms with Crippen LogP contribution in [-0.2, 0) is 6.54 Å². The second kappa shape index (κ2) is 6.85. The van der Waals surface area contributed by atoms with Crippen molar-refractivity contribution >= 4 is 28.3 Å². The van der Waals surface area contributed by atoms with Crippen LogP contribution in [0.15, 0.2) is 22.7 Å². The summed E-state index contributed by atoms with van der Waals surface area (Å²) in [6.07, 6.45) is 1.03. The monoisotopic (exact) mass is 336 g/mol. The summed E-state index contributed by atoms with van der Waals surface area (Å²) in [5.74, 6) is 0.330. The molecule has 2 rings (SSSR count). The molecule has 1 saturated heterocycles. The summed E-state index contributed by atoms with van der Waals surface area (Å²) in [5, 5.41) is 0. The number of hydrogen-bond donors (Lipinski definition) is 1. The molecule has 1 aromatic rings. The molecule has 102 valence electrons. The molecule has 0 amide bonds. The standard InChI is InChI=1S/C13H18BrFN2.ClH/c1-9-7-17(3-2-13(9)16)8-10-4-11(14)6-12(15)5-10;/h4-6,9,13H,2-3,7-8,16H2,1H3;1H. The first-order valence-corrected chi connectivity index (χ1v) is 6.77. The molecule has 1 aliphatic rings. The number of hydrogen-bond acceptors (Lipinski definition) is 2. The molecular weight excluding hydrogens is 319 g/mol. The summed E-state index contributed by atoms with van der Waals surface area (Å²) in [4.78, 5) is 2.34. The Morgan fingerprint density at radius 2 is 2.17 bits per heavy atom. The van der Waals surface area contributed by atoms with Crippen LogP contribution >= 0.6 is 28.3 Å². The highest BCUT2D eigenvalue weighted by molar-refractivity contribution is 9.10. The van der Waals surface area contributed by atoms with E-state index in [2.05, 4.69) is 27.8 Å². The van der Waals surface area contributed by atoms with Gasteiger partial charge in [-0.05, 0) is 42.6 Å². The molecular formula is C13H19BrClFN2. The lowest BCUT2D eigenvalue weighted by Gasteiger charge is -2.35. The minimum Gasteiger partial charge on any atom is -0.327 e. The quantitative estimate of drug-likeness (QED) is 0.898. The van der Waals surface area contributed by atoms with Crippen LogP contribution in [0.25, 0.3) is 0 Å². The van der Waals surface area contributed by atoms with E-state index in [9.17, 15) is 4.39 Å². The van der Waals surface area contributed by atoms with Gasteiger partial charge in [0.25, 0.3) is 0 Å². The van der Waals surface area contributed by atoms with Crippen LogP contribution in [0.2, 0.25) is 0 Å². The van der Waals surface area contributed by atoms with Crippen molar-refractivity contribution in [1.29, 1.82) is 0 Å². The lowest BCUT2D eigenvalue weighted by molar-refractivity contribution is 0.157. The Kier molecular flexibility index (Phi) is 6.05. The third-order valence-corrected chi connectivity index (χ3v) is 3.84. The van der Waals surface area contributed by atoms with Gasteiger partial charge in [0, 0.05) is 23.6 Å². The molecule has 1 aromatic carbocycles. The average molecular weight is 338 g/mol. The molecule has 0 radical (unpaired) electrons. The third kappa shape index (κ3) is 4.19. The van der Waals surface area contributed by atoms with Gasteiger partial charge < -0.3 is 5.73 Å². The van der Waals surface area contributed by atoms with Crippen LogP contribution in [0.1, 0.15) is 18.9 Å². The number of halogens is 3. The van der Waals surface area contributed by atoms with E-state index in [1.165, 1.54) is 6.07 Å². The normalized spacial score (nSPS) is 24.7. The lowest BCUT2D eigenvalue weighted by atomic mass is 9.94. The Morgan fingerprint density at radius 1 is 1.44 bits per heavy atom. The van der Waals surface area contributed by atoms with E-state index >= 15 is 0 Å². The van der Waals surface area contributed by atoms with Crippen LogP contribution in [0.5, 0.6) is 0 Å². The largest absolute Gasteiger partial charge is 0.327 e. The van der Waals surface area contributed by atoms with E-state index in [0.717, 1.165) is 36.1 Å². The topological polar surface area (TPSA) is 29.3 Å². The molecule has 2 N–H and O–H groups in total. The van der Waals surface area contributed by atoms with Crippen molar-refractivity contribution < 1.29 is 4.39 Å². The number of nitrogens with two attached hydrogens (primary N) is 1. The van der Waals surface area contributed by atoms with Gasteiger partial charge in [0.05, 0.1) is 0 Å². The first kappa shape index (κ1) is 15.9. The third-order valence-electron chi connectivity index (χ3n) is 3.38. The minimum absolute atomic E-state index is 0. The van der Waals surface area contributed by atoms with Gasteiger partial charge in [-0.1, -0.05) is 22.9 Å². The Labute approximate surface area is 122 Å². The minimum atomic E-state index is -0.184. The predicted molar refractivity (Wildman–Crippen MR) is 78.4 cm³/mol. The zero-order chi connectivity index (χ0) is 12.4. The van der Waals surface area contributed by atoms with Crippen molar-refractivity contribution in [2.75, 3.05) is 13.1 Å². The van der Waals surface area contributed by atoms with Crippen LogP contribution in [0.3, 0.4) is 0 Å².